The summed E-state index contributed by atoms with van der Waals surface area (Å²) in [4.78, 5) is 24.2. The van der Waals surface area contributed by atoms with Crippen molar-refractivity contribution in [2.24, 2.45) is 11.7 Å². The van der Waals surface area contributed by atoms with Gasteiger partial charge in [-0.3, -0.25) is 14.8 Å². The first kappa shape index (κ1) is 22.8. The maximum Gasteiger partial charge on any atom is 0.411 e. The number of ether oxygens (including phenoxy) is 1. The van der Waals surface area contributed by atoms with Crippen molar-refractivity contribution in [3.63, 3.8) is 0 Å². The molecule has 2 amide bonds. The van der Waals surface area contributed by atoms with Gasteiger partial charge in [0, 0.05) is 24.0 Å². The third kappa shape index (κ3) is 5.32. The minimum absolute atomic E-state index is 0.154. The zero-order valence-electron chi connectivity index (χ0n) is 18.1. The van der Waals surface area contributed by atoms with Crippen molar-refractivity contribution < 1.29 is 18.7 Å². The standard InChI is InChI=1S/C24H23FN6O3/c25-16-6-8-18(9-7-16)28-23-20(22(27)32)14-31(30-23)21-11-10-19(12-15(21)13-26)34-24(33)29-17-4-2-1-3-5-17/h1-9,14-15,19,21H,10-12H2,(H2,27,32)(H,28,30)(H,29,33)/t15?,19-,21-/m0/s1. The van der Waals surface area contributed by atoms with E-state index >= 15 is 0 Å². The molecule has 9 nitrogen and oxygen atoms in total. The highest BCUT2D eigenvalue weighted by Crippen LogP contribution is 2.36. The molecular formula is C24H23FN6O3. The maximum atomic E-state index is 13.2. The Balaban J connectivity index is 1.45. The topological polar surface area (TPSA) is 135 Å². The van der Waals surface area contributed by atoms with Crippen LogP contribution in [0.4, 0.5) is 26.4 Å². The quantitative estimate of drug-likeness (QED) is 0.498. The number of benzene rings is 2. The molecule has 4 N–H and O–H groups in total. The van der Waals surface area contributed by atoms with Crippen LogP contribution in [0.3, 0.4) is 0 Å². The summed E-state index contributed by atoms with van der Waals surface area (Å²) in [5.74, 6) is -1.35. The van der Waals surface area contributed by atoms with E-state index in [2.05, 4.69) is 21.8 Å². The number of amides is 2. The van der Waals surface area contributed by atoms with Crippen molar-refractivity contribution in [2.75, 3.05) is 10.6 Å². The smallest absolute Gasteiger partial charge is 0.411 e. The number of carbonyl (C=O) groups excluding carboxylic acids is 2. The highest BCUT2D eigenvalue weighted by Gasteiger charge is 2.35. The Bertz CT molecular complexity index is 1210. The molecule has 3 atom stereocenters. The Hall–Kier alpha value is -4.39. The van der Waals surface area contributed by atoms with Crippen LogP contribution in [0.1, 0.15) is 35.7 Å². The molecule has 10 heteroatoms. The van der Waals surface area contributed by atoms with Crippen molar-refractivity contribution in [1.29, 1.82) is 5.26 Å². The minimum Gasteiger partial charge on any atom is -0.446 e. The highest BCUT2D eigenvalue weighted by molar-refractivity contribution is 5.98. The lowest BCUT2D eigenvalue weighted by atomic mass is 9.83. The van der Waals surface area contributed by atoms with Gasteiger partial charge in [-0.2, -0.15) is 10.4 Å². The average molecular weight is 462 g/mol. The van der Waals surface area contributed by atoms with Crippen LogP contribution in [0.5, 0.6) is 0 Å². The SMILES string of the molecule is N#CC1C[C@@H](OC(=O)Nc2ccccc2)CC[C@@H]1n1cc(C(N)=O)c(Nc2ccc(F)cc2)n1. The second-order valence-corrected chi connectivity index (χ2v) is 8.00. The van der Waals surface area contributed by atoms with E-state index in [-0.39, 0.29) is 23.2 Å². The maximum absolute atomic E-state index is 13.2. The van der Waals surface area contributed by atoms with Crippen LogP contribution < -0.4 is 16.4 Å². The highest BCUT2D eigenvalue weighted by atomic mass is 19.1. The number of para-hydroxylation sites is 1. The fraction of sp³-hybridized carbons (Fsp3) is 0.250. The molecule has 1 fully saturated rings. The van der Waals surface area contributed by atoms with Gasteiger partial charge >= 0.3 is 6.09 Å². The summed E-state index contributed by atoms with van der Waals surface area (Å²) in [6.07, 6.45) is 1.87. The van der Waals surface area contributed by atoms with E-state index in [9.17, 15) is 19.2 Å². The molecular weight excluding hydrogens is 439 g/mol. The normalized spacial score (nSPS) is 19.6. The molecule has 3 aromatic rings. The third-order valence-electron chi connectivity index (χ3n) is 5.67. The first-order valence-corrected chi connectivity index (χ1v) is 10.8. The Morgan fingerprint density at radius 2 is 1.85 bits per heavy atom. The summed E-state index contributed by atoms with van der Waals surface area (Å²) in [6.45, 7) is 0. The van der Waals surface area contributed by atoms with Gasteiger partial charge in [-0.25, -0.2) is 9.18 Å². The molecule has 1 aromatic heterocycles. The van der Waals surface area contributed by atoms with Crippen LogP contribution in [-0.2, 0) is 4.74 Å². The molecule has 1 heterocycles. The second-order valence-electron chi connectivity index (χ2n) is 8.00. The van der Waals surface area contributed by atoms with Crippen molar-refractivity contribution in [3.8, 4) is 6.07 Å². The molecule has 2 aromatic carbocycles. The first-order valence-electron chi connectivity index (χ1n) is 10.8. The molecule has 1 saturated carbocycles. The van der Waals surface area contributed by atoms with Gasteiger partial charge in [0.25, 0.3) is 5.91 Å². The summed E-state index contributed by atoms with van der Waals surface area (Å²) < 4.78 is 20.3. The van der Waals surface area contributed by atoms with Gasteiger partial charge in [-0.05, 0) is 49.2 Å². The molecule has 1 aliphatic rings. The Morgan fingerprint density at radius 3 is 2.53 bits per heavy atom. The molecule has 0 spiro atoms. The Labute approximate surface area is 195 Å². The molecule has 1 unspecified atom stereocenters. The fourth-order valence-electron chi connectivity index (χ4n) is 4.00. The Kier molecular flexibility index (Phi) is 6.73. The average Bonchev–Trinajstić information content (AvgIpc) is 3.25. The van der Waals surface area contributed by atoms with E-state index in [0.717, 1.165) is 0 Å². The van der Waals surface area contributed by atoms with Crippen molar-refractivity contribution >= 4 is 29.2 Å². The summed E-state index contributed by atoms with van der Waals surface area (Å²) in [5.41, 5.74) is 6.83. The van der Waals surface area contributed by atoms with Gasteiger partial charge in [0.2, 0.25) is 0 Å². The largest absolute Gasteiger partial charge is 0.446 e. The van der Waals surface area contributed by atoms with Crippen LogP contribution in [0, 0.1) is 23.1 Å². The minimum atomic E-state index is -0.682. The van der Waals surface area contributed by atoms with Gasteiger partial charge < -0.3 is 15.8 Å². The molecule has 34 heavy (non-hydrogen) atoms. The van der Waals surface area contributed by atoms with Crippen LogP contribution >= 0.6 is 0 Å². The number of primary amides is 1. The molecule has 0 aliphatic heterocycles. The van der Waals surface area contributed by atoms with E-state index in [1.165, 1.54) is 30.5 Å². The van der Waals surface area contributed by atoms with Gasteiger partial charge in [-0.1, -0.05) is 18.2 Å². The van der Waals surface area contributed by atoms with Gasteiger partial charge in [0.1, 0.15) is 17.5 Å². The molecule has 0 radical (unpaired) electrons. The first-order chi connectivity index (χ1) is 16.4. The zero-order chi connectivity index (χ0) is 24.1. The number of nitrogens with zero attached hydrogens (tertiary/aromatic N) is 3. The third-order valence-corrected chi connectivity index (χ3v) is 5.67. The number of nitrogens with one attached hydrogen (secondary N) is 2. The summed E-state index contributed by atoms with van der Waals surface area (Å²) in [6, 6.07) is 16.5. The van der Waals surface area contributed by atoms with Crippen LogP contribution in [0.15, 0.2) is 60.8 Å². The number of rotatable bonds is 6. The Morgan fingerprint density at radius 1 is 1.12 bits per heavy atom. The second kappa shape index (κ2) is 10.0. The number of nitrogens with two attached hydrogens (primary N) is 1. The number of hydrogen-bond donors (Lipinski definition) is 3. The van der Waals surface area contributed by atoms with E-state index in [4.69, 9.17) is 10.5 Å². The lowest BCUT2D eigenvalue weighted by Gasteiger charge is -2.32. The predicted molar refractivity (Wildman–Crippen MR) is 123 cm³/mol. The van der Waals surface area contributed by atoms with Crippen LogP contribution in [-0.4, -0.2) is 27.9 Å². The lowest BCUT2D eigenvalue weighted by molar-refractivity contribution is 0.0602. The van der Waals surface area contributed by atoms with Crippen molar-refractivity contribution in [2.45, 2.75) is 31.4 Å². The van der Waals surface area contributed by atoms with Gasteiger partial charge in [0.05, 0.1) is 18.0 Å². The van der Waals surface area contributed by atoms with E-state index < -0.39 is 24.0 Å². The van der Waals surface area contributed by atoms with Gasteiger partial charge in [-0.15, -0.1) is 0 Å². The summed E-state index contributed by atoms with van der Waals surface area (Å²) >= 11 is 0. The number of carbonyl (C=O) groups is 2. The van der Waals surface area contributed by atoms with E-state index in [0.29, 0.717) is 30.6 Å². The van der Waals surface area contributed by atoms with Gasteiger partial charge in [0.15, 0.2) is 5.82 Å². The van der Waals surface area contributed by atoms with Crippen molar-refractivity contribution in [3.05, 3.63) is 72.2 Å². The number of halogens is 1. The summed E-state index contributed by atoms with van der Waals surface area (Å²) in [7, 11) is 0. The lowest BCUT2D eigenvalue weighted by Crippen LogP contribution is -2.33. The monoisotopic (exact) mass is 462 g/mol. The molecule has 0 saturated heterocycles. The number of anilines is 3. The molecule has 4 rings (SSSR count). The summed E-state index contributed by atoms with van der Waals surface area (Å²) in [5, 5.41) is 19.9. The van der Waals surface area contributed by atoms with Crippen molar-refractivity contribution in [1.82, 2.24) is 9.78 Å². The molecule has 174 valence electrons. The number of nitriles is 1. The van der Waals surface area contributed by atoms with E-state index in [1.807, 2.05) is 6.07 Å². The van der Waals surface area contributed by atoms with Crippen LogP contribution in [0.25, 0.3) is 0 Å². The molecule has 0 bridgehead atoms. The number of hydrogen-bond acceptors (Lipinski definition) is 6. The van der Waals surface area contributed by atoms with E-state index in [1.54, 1.807) is 28.9 Å². The predicted octanol–water partition coefficient (Wildman–Crippen LogP) is 4.35. The van der Waals surface area contributed by atoms with Crippen LogP contribution in [0.2, 0.25) is 0 Å². The zero-order valence-corrected chi connectivity index (χ0v) is 18.1. The fourth-order valence-corrected chi connectivity index (χ4v) is 4.00. The molecule has 1 aliphatic carbocycles. The number of aromatic nitrogens is 2.